The van der Waals surface area contributed by atoms with Gasteiger partial charge in [0.25, 0.3) is 5.91 Å². The summed E-state index contributed by atoms with van der Waals surface area (Å²) in [6.07, 6.45) is -2.14. The third kappa shape index (κ3) is 7.90. The molecule has 182 valence electrons. The molecular weight excluding hydrogens is 439 g/mol. The minimum atomic E-state index is -4.49. The number of amides is 2. The van der Waals surface area contributed by atoms with Crippen molar-refractivity contribution in [1.29, 1.82) is 0 Å². The Morgan fingerprint density at radius 2 is 1.64 bits per heavy atom. The van der Waals surface area contributed by atoms with Crippen molar-refractivity contribution in [3.8, 4) is 0 Å². The second-order valence-corrected chi connectivity index (χ2v) is 7.57. The summed E-state index contributed by atoms with van der Waals surface area (Å²) in [5.41, 5.74) is 0.160. The number of hydrogen-bond acceptors (Lipinski definition) is 4. The highest BCUT2D eigenvalue weighted by atomic mass is 19.4. The van der Waals surface area contributed by atoms with Gasteiger partial charge in [0.15, 0.2) is 0 Å². The van der Waals surface area contributed by atoms with E-state index in [0.717, 1.165) is 30.0 Å². The number of aryl methyl sites for hydroxylation is 1. The number of methoxy groups -OCH3 is 2. The monoisotopic (exact) mass is 469 g/mol. The second-order valence-electron chi connectivity index (χ2n) is 7.57. The van der Waals surface area contributed by atoms with Gasteiger partial charge >= 0.3 is 6.18 Å². The van der Waals surface area contributed by atoms with Crippen molar-refractivity contribution in [2.75, 3.05) is 47.1 Å². The van der Waals surface area contributed by atoms with Crippen molar-refractivity contribution in [1.82, 2.24) is 14.4 Å². The maximum absolute atomic E-state index is 13.1. The Kier molecular flexibility index (Phi) is 9.93. The number of alkyl halides is 3. The Morgan fingerprint density at radius 1 is 0.970 bits per heavy atom. The zero-order valence-electron chi connectivity index (χ0n) is 19.1. The average Bonchev–Trinajstić information content (AvgIpc) is 3.19. The zero-order chi connectivity index (χ0) is 24.4. The zero-order valence-corrected chi connectivity index (χ0v) is 19.1. The third-order valence-corrected chi connectivity index (χ3v) is 5.17. The molecule has 10 heteroatoms. The summed E-state index contributed by atoms with van der Waals surface area (Å²) in [6.45, 7) is 1.39. The van der Waals surface area contributed by atoms with Gasteiger partial charge in [-0.3, -0.25) is 9.59 Å². The van der Waals surface area contributed by atoms with Crippen LogP contribution in [0.15, 0.2) is 42.6 Å². The van der Waals surface area contributed by atoms with Crippen LogP contribution in [-0.2, 0) is 34.0 Å². The number of nitrogens with zero attached hydrogens (tertiary/aromatic N) is 3. The van der Waals surface area contributed by atoms with Gasteiger partial charge in [-0.25, -0.2) is 0 Å². The molecule has 0 fully saturated rings. The first kappa shape index (κ1) is 26.4. The Labute approximate surface area is 191 Å². The van der Waals surface area contributed by atoms with Crippen molar-refractivity contribution >= 4 is 11.8 Å². The number of rotatable bonds is 12. The number of hydrogen-bond donors (Lipinski definition) is 0. The van der Waals surface area contributed by atoms with Crippen LogP contribution < -0.4 is 0 Å². The second kappa shape index (κ2) is 12.4. The summed E-state index contributed by atoms with van der Waals surface area (Å²) in [6, 6.07) is 7.76. The lowest BCUT2D eigenvalue weighted by Gasteiger charge is -2.28. The van der Waals surface area contributed by atoms with Crippen molar-refractivity contribution in [2.24, 2.45) is 7.05 Å². The first-order valence-electron chi connectivity index (χ1n) is 10.5. The molecule has 2 amide bonds. The van der Waals surface area contributed by atoms with Crippen molar-refractivity contribution < 1.29 is 32.2 Å². The summed E-state index contributed by atoms with van der Waals surface area (Å²) in [7, 11) is 4.94. The SMILES string of the molecule is COCCCN(CC(=O)N(CCOC)Cc1cccn1C)C(=O)c1ccc(C(F)(F)F)cc1. The van der Waals surface area contributed by atoms with E-state index in [2.05, 4.69) is 0 Å². The number of aromatic nitrogens is 1. The van der Waals surface area contributed by atoms with E-state index in [9.17, 15) is 22.8 Å². The van der Waals surface area contributed by atoms with E-state index >= 15 is 0 Å². The molecule has 2 rings (SSSR count). The van der Waals surface area contributed by atoms with E-state index in [1.165, 1.54) is 19.1 Å². The largest absolute Gasteiger partial charge is 0.416 e. The van der Waals surface area contributed by atoms with Crippen LogP contribution in [0.25, 0.3) is 0 Å². The minimum absolute atomic E-state index is 0.0825. The first-order valence-corrected chi connectivity index (χ1v) is 10.5. The van der Waals surface area contributed by atoms with Crippen molar-refractivity contribution in [3.05, 3.63) is 59.4 Å². The van der Waals surface area contributed by atoms with E-state index in [-0.39, 0.29) is 24.6 Å². The Morgan fingerprint density at radius 3 is 2.18 bits per heavy atom. The van der Waals surface area contributed by atoms with Gasteiger partial charge in [0, 0.05) is 58.4 Å². The molecule has 0 saturated heterocycles. The normalized spacial score (nSPS) is 11.5. The van der Waals surface area contributed by atoms with Crippen LogP contribution in [0.5, 0.6) is 0 Å². The van der Waals surface area contributed by atoms with Gasteiger partial charge in [0.1, 0.15) is 6.54 Å². The molecule has 0 N–H and O–H groups in total. The van der Waals surface area contributed by atoms with Crippen molar-refractivity contribution in [3.63, 3.8) is 0 Å². The molecule has 0 aliphatic rings. The summed E-state index contributed by atoms with van der Waals surface area (Å²) >= 11 is 0. The lowest BCUT2D eigenvalue weighted by Crippen LogP contribution is -2.44. The molecule has 0 spiro atoms. The maximum atomic E-state index is 13.1. The van der Waals surface area contributed by atoms with Gasteiger partial charge in [-0.05, 0) is 42.8 Å². The lowest BCUT2D eigenvalue weighted by molar-refractivity contribution is -0.137. The molecule has 0 atom stereocenters. The molecule has 2 aromatic rings. The summed E-state index contributed by atoms with van der Waals surface area (Å²) in [5.74, 6) is -0.801. The standard InChI is InChI=1S/C23H30F3N3O4/c1-27-11-4-6-20(27)16-28(13-15-33-3)21(30)17-29(12-5-14-32-2)22(31)18-7-9-19(10-8-18)23(24,25)26/h4,6-11H,5,12-17H2,1-3H3. The minimum Gasteiger partial charge on any atom is -0.385 e. The van der Waals surface area contributed by atoms with E-state index in [1.807, 2.05) is 29.9 Å². The molecule has 0 saturated carbocycles. The molecule has 33 heavy (non-hydrogen) atoms. The van der Waals surface area contributed by atoms with Crippen LogP contribution in [-0.4, -0.2) is 73.2 Å². The summed E-state index contributed by atoms with van der Waals surface area (Å²) in [4.78, 5) is 29.1. The number of ether oxygens (including phenoxy) is 2. The Balaban J connectivity index is 2.19. The van der Waals surface area contributed by atoms with E-state index in [1.54, 1.807) is 4.90 Å². The molecule has 0 aliphatic carbocycles. The molecule has 1 heterocycles. The van der Waals surface area contributed by atoms with Crippen LogP contribution >= 0.6 is 0 Å². The Bertz CT molecular complexity index is 897. The predicted molar refractivity (Wildman–Crippen MR) is 117 cm³/mol. The quantitative estimate of drug-likeness (QED) is 0.448. The number of halogens is 3. The first-order chi connectivity index (χ1) is 15.7. The molecule has 0 radical (unpaired) electrons. The van der Waals surface area contributed by atoms with Gasteiger partial charge in [-0.1, -0.05) is 0 Å². The van der Waals surface area contributed by atoms with Gasteiger partial charge in [-0.2, -0.15) is 13.2 Å². The average molecular weight is 470 g/mol. The molecule has 0 unspecified atom stereocenters. The van der Waals surface area contributed by atoms with Crippen LogP contribution in [0.3, 0.4) is 0 Å². The number of carbonyl (C=O) groups is 2. The molecule has 0 bridgehead atoms. The fourth-order valence-corrected chi connectivity index (χ4v) is 3.25. The summed E-state index contributed by atoms with van der Waals surface area (Å²) < 4.78 is 50.6. The van der Waals surface area contributed by atoms with E-state index < -0.39 is 17.6 Å². The van der Waals surface area contributed by atoms with E-state index in [4.69, 9.17) is 9.47 Å². The Hall–Kier alpha value is -2.85. The predicted octanol–water partition coefficient (Wildman–Crippen LogP) is 3.20. The lowest BCUT2D eigenvalue weighted by atomic mass is 10.1. The van der Waals surface area contributed by atoms with E-state index in [0.29, 0.717) is 32.7 Å². The maximum Gasteiger partial charge on any atom is 0.416 e. The number of carbonyl (C=O) groups excluding carboxylic acids is 2. The fraction of sp³-hybridized carbons (Fsp3) is 0.478. The third-order valence-electron chi connectivity index (χ3n) is 5.17. The molecule has 0 aliphatic heterocycles. The van der Waals surface area contributed by atoms with Crippen LogP contribution in [0, 0.1) is 0 Å². The molecule has 1 aromatic heterocycles. The topological polar surface area (TPSA) is 64.0 Å². The van der Waals surface area contributed by atoms with Gasteiger partial charge < -0.3 is 23.8 Å². The van der Waals surface area contributed by atoms with Gasteiger partial charge in [-0.15, -0.1) is 0 Å². The highest BCUT2D eigenvalue weighted by molar-refractivity contribution is 5.96. The van der Waals surface area contributed by atoms with Crippen LogP contribution in [0.1, 0.15) is 28.0 Å². The summed E-state index contributed by atoms with van der Waals surface area (Å²) in [5, 5.41) is 0. The van der Waals surface area contributed by atoms with Crippen LogP contribution in [0.2, 0.25) is 0 Å². The van der Waals surface area contributed by atoms with Gasteiger partial charge in [0.2, 0.25) is 5.91 Å². The highest BCUT2D eigenvalue weighted by Crippen LogP contribution is 2.29. The van der Waals surface area contributed by atoms with Gasteiger partial charge in [0.05, 0.1) is 18.7 Å². The molecule has 7 nitrogen and oxygen atoms in total. The highest BCUT2D eigenvalue weighted by Gasteiger charge is 2.30. The van der Waals surface area contributed by atoms with Crippen molar-refractivity contribution in [2.45, 2.75) is 19.1 Å². The smallest absolute Gasteiger partial charge is 0.385 e. The fourth-order valence-electron chi connectivity index (χ4n) is 3.25. The molecular formula is C23H30F3N3O4. The van der Waals surface area contributed by atoms with Crippen LogP contribution in [0.4, 0.5) is 13.2 Å². The molecule has 1 aromatic carbocycles. The number of benzene rings is 1.